The third kappa shape index (κ3) is 3.31. The van der Waals surface area contributed by atoms with E-state index in [4.69, 9.17) is 0 Å². The Morgan fingerprint density at radius 2 is 2.15 bits per heavy atom. The standard InChI is InChI=1S/C11H19NO/c1-3-4-9-12(2)10-5-7-11(13)8-6-10/h3,10H,1,4-9H2,2H3. The van der Waals surface area contributed by atoms with Crippen LogP contribution in [0.25, 0.3) is 0 Å². The first-order valence-corrected chi connectivity index (χ1v) is 5.07. The molecule has 1 rings (SSSR count). The Labute approximate surface area is 80.6 Å². The lowest BCUT2D eigenvalue weighted by Gasteiger charge is -2.30. The first-order chi connectivity index (χ1) is 6.24. The fourth-order valence-electron chi connectivity index (χ4n) is 1.84. The van der Waals surface area contributed by atoms with Gasteiger partial charge in [-0.2, -0.15) is 0 Å². The van der Waals surface area contributed by atoms with Crippen LogP contribution in [0.3, 0.4) is 0 Å². The number of hydrogen-bond donors (Lipinski definition) is 0. The quantitative estimate of drug-likeness (QED) is 0.618. The zero-order valence-corrected chi connectivity index (χ0v) is 8.46. The second-order valence-corrected chi connectivity index (χ2v) is 3.83. The number of Topliss-reactive ketones (excluding diaryl/α,β-unsaturated/α-hetero) is 1. The van der Waals surface area contributed by atoms with E-state index in [1.807, 2.05) is 6.08 Å². The highest BCUT2D eigenvalue weighted by Crippen LogP contribution is 2.19. The van der Waals surface area contributed by atoms with Crippen molar-refractivity contribution in [2.45, 2.75) is 38.1 Å². The molecule has 1 aliphatic carbocycles. The summed E-state index contributed by atoms with van der Waals surface area (Å²) in [7, 11) is 2.14. The maximum absolute atomic E-state index is 11.0. The minimum absolute atomic E-state index is 0.438. The lowest BCUT2D eigenvalue weighted by molar-refractivity contribution is -0.121. The van der Waals surface area contributed by atoms with Crippen molar-refractivity contribution in [2.24, 2.45) is 0 Å². The van der Waals surface area contributed by atoms with Gasteiger partial charge in [0.2, 0.25) is 0 Å². The summed E-state index contributed by atoms with van der Waals surface area (Å²) >= 11 is 0. The molecule has 0 aromatic carbocycles. The van der Waals surface area contributed by atoms with Gasteiger partial charge in [-0.25, -0.2) is 0 Å². The predicted molar refractivity (Wildman–Crippen MR) is 54.7 cm³/mol. The molecule has 0 N–H and O–H groups in total. The summed E-state index contributed by atoms with van der Waals surface area (Å²) < 4.78 is 0. The fourth-order valence-corrected chi connectivity index (χ4v) is 1.84. The van der Waals surface area contributed by atoms with Gasteiger partial charge in [0.1, 0.15) is 5.78 Å². The number of nitrogens with zero attached hydrogens (tertiary/aromatic N) is 1. The highest BCUT2D eigenvalue weighted by molar-refractivity contribution is 5.79. The molecule has 0 unspecified atom stereocenters. The van der Waals surface area contributed by atoms with E-state index in [0.29, 0.717) is 11.8 Å². The molecule has 0 saturated heterocycles. The minimum atomic E-state index is 0.438. The molecule has 0 bridgehead atoms. The normalized spacial score (nSPS) is 19.4. The summed E-state index contributed by atoms with van der Waals surface area (Å²) in [5, 5.41) is 0. The van der Waals surface area contributed by atoms with Crippen LogP contribution in [-0.2, 0) is 4.79 Å². The Kier molecular flexibility index (Phi) is 4.16. The maximum atomic E-state index is 11.0. The molecule has 0 aromatic rings. The molecule has 2 nitrogen and oxygen atoms in total. The van der Waals surface area contributed by atoms with Gasteiger partial charge in [0.05, 0.1) is 0 Å². The van der Waals surface area contributed by atoms with Crippen molar-refractivity contribution in [1.29, 1.82) is 0 Å². The van der Waals surface area contributed by atoms with E-state index >= 15 is 0 Å². The van der Waals surface area contributed by atoms with Gasteiger partial charge in [-0.3, -0.25) is 4.79 Å². The highest BCUT2D eigenvalue weighted by Gasteiger charge is 2.21. The third-order valence-electron chi connectivity index (χ3n) is 2.82. The van der Waals surface area contributed by atoms with Crippen LogP contribution in [0.2, 0.25) is 0 Å². The number of ketones is 1. The van der Waals surface area contributed by atoms with Crippen LogP contribution < -0.4 is 0 Å². The molecule has 1 fully saturated rings. The molecule has 0 amide bonds. The van der Waals surface area contributed by atoms with E-state index in [-0.39, 0.29) is 0 Å². The molecule has 13 heavy (non-hydrogen) atoms. The molecule has 0 spiro atoms. The highest BCUT2D eigenvalue weighted by atomic mass is 16.1. The predicted octanol–water partition coefficient (Wildman–Crippen LogP) is 2.01. The Bertz CT molecular complexity index is 179. The van der Waals surface area contributed by atoms with Crippen molar-refractivity contribution in [3.05, 3.63) is 12.7 Å². The average Bonchev–Trinajstić information content (AvgIpc) is 2.15. The van der Waals surface area contributed by atoms with E-state index < -0.39 is 0 Å². The second kappa shape index (κ2) is 5.18. The van der Waals surface area contributed by atoms with E-state index in [2.05, 4.69) is 18.5 Å². The second-order valence-electron chi connectivity index (χ2n) is 3.83. The molecule has 74 valence electrons. The molecule has 1 saturated carbocycles. The van der Waals surface area contributed by atoms with Crippen molar-refractivity contribution < 1.29 is 4.79 Å². The average molecular weight is 181 g/mol. The molecule has 2 heteroatoms. The number of carbonyl (C=O) groups is 1. The van der Waals surface area contributed by atoms with Crippen molar-refractivity contribution >= 4 is 5.78 Å². The largest absolute Gasteiger partial charge is 0.303 e. The zero-order valence-electron chi connectivity index (χ0n) is 8.46. The summed E-state index contributed by atoms with van der Waals surface area (Å²) in [4.78, 5) is 13.4. The van der Waals surface area contributed by atoms with Gasteiger partial charge in [0.15, 0.2) is 0 Å². The molecule has 0 heterocycles. The Morgan fingerprint density at radius 1 is 1.54 bits per heavy atom. The van der Waals surface area contributed by atoms with Crippen molar-refractivity contribution in [2.75, 3.05) is 13.6 Å². The topological polar surface area (TPSA) is 20.3 Å². The van der Waals surface area contributed by atoms with E-state index in [0.717, 1.165) is 38.6 Å². The monoisotopic (exact) mass is 181 g/mol. The summed E-state index contributed by atoms with van der Waals surface area (Å²) in [5.74, 6) is 0.438. The smallest absolute Gasteiger partial charge is 0.133 e. The first kappa shape index (κ1) is 10.5. The zero-order chi connectivity index (χ0) is 9.68. The summed E-state index contributed by atoms with van der Waals surface area (Å²) in [5.41, 5.74) is 0. The maximum Gasteiger partial charge on any atom is 0.133 e. The van der Waals surface area contributed by atoms with Crippen LogP contribution in [0.4, 0.5) is 0 Å². The van der Waals surface area contributed by atoms with Crippen LogP contribution in [0.15, 0.2) is 12.7 Å². The molecule has 0 radical (unpaired) electrons. The van der Waals surface area contributed by atoms with Gasteiger partial charge in [0, 0.05) is 25.4 Å². The van der Waals surface area contributed by atoms with Gasteiger partial charge < -0.3 is 4.90 Å². The lowest BCUT2D eigenvalue weighted by Crippen LogP contribution is -2.35. The molecule has 0 aliphatic heterocycles. The molecule has 0 atom stereocenters. The van der Waals surface area contributed by atoms with Crippen molar-refractivity contribution in [3.63, 3.8) is 0 Å². The molecular weight excluding hydrogens is 162 g/mol. The first-order valence-electron chi connectivity index (χ1n) is 5.07. The van der Waals surface area contributed by atoms with Gasteiger partial charge >= 0.3 is 0 Å². The van der Waals surface area contributed by atoms with Crippen LogP contribution in [-0.4, -0.2) is 30.3 Å². The minimum Gasteiger partial charge on any atom is -0.303 e. The van der Waals surface area contributed by atoms with Gasteiger partial charge in [-0.15, -0.1) is 6.58 Å². The molecular formula is C11H19NO. The molecule has 1 aliphatic rings. The van der Waals surface area contributed by atoms with Gasteiger partial charge in [-0.1, -0.05) is 6.08 Å². The summed E-state index contributed by atoms with van der Waals surface area (Å²) in [6.07, 6.45) is 6.65. The Balaban J connectivity index is 2.26. The van der Waals surface area contributed by atoms with Crippen LogP contribution in [0.1, 0.15) is 32.1 Å². The van der Waals surface area contributed by atoms with E-state index in [1.54, 1.807) is 0 Å². The SMILES string of the molecule is C=CCCN(C)C1CCC(=O)CC1. The van der Waals surface area contributed by atoms with Crippen LogP contribution in [0.5, 0.6) is 0 Å². The number of rotatable bonds is 4. The van der Waals surface area contributed by atoms with Crippen LogP contribution in [0, 0.1) is 0 Å². The van der Waals surface area contributed by atoms with E-state index in [9.17, 15) is 4.79 Å². The number of hydrogen-bond acceptors (Lipinski definition) is 2. The summed E-state index contributed by atoms with van der Waals surface area (Å²) in [6.45, 7) is 4.78. The Hall–Kier alpha value is -0.630. The van der Waals surface area contributed by atoms with Gasteiger partial charge in [0.25, 0.3) is 0 Å². The Morgan fingerprint density at radius 3 is 2.69 bits per heavy atom. The number of carbonyl (C=O) groups excluding carboxylic acids is 1. The van der Waals surface area contributed by atoms with Crippen molar-refractivity contribution in [3.8, 4) is 0 Å². The van der Waals surface area contributed by atoms with Gasteiger partial charge in [-0.05, 0) is 26.3 Å². The van der Waals surface area contributed by atoms with Crippen LogP contribution >= 0.6 is 0 Å². The summed E-state index contributed by atoms with van der Waals surface area (Å²) in [6, 6.07) is 0.623. The van der Waals surface area contributed by atoms with Crippen molar-refractivity contribution in [1.82, 2.24) is 4.90 Å². The fraction of sp³-hybridized carbons (Fsp3) is 0.727. The lowest BCUT2D eigenvalue weighted by atomic mass is 9.93. The van der Waals surface area contributed by atoms with E-state index in [1.165, 1.54) is 0 Å². The third-order valence-corrected chi connectivity index (χ3v) is 2.82. The molecule has 0 aromatic heterocycles.